The summed E-state index contributed by atoms with van der Waals surface area (Å²) in [5.41, 5.74) is 17.2. The fourth-order valence-electron chi connectivity index (χ4n) is 5.80. The molecule has 0 aromatic carbocycles. The van der Waals surface area contributed by atoms with Gasteiger partial charge in [0.2, 0.25) is 41.4 Å². The number of amides is 7. The van der Waals surface area contributed by atoms with Crippen molar-refractivity contribution in [1.29, 1.82) is 0 Å². The first kappa shape index (κ1) is 55.6. The lowest BCUT2D eigenvalue weighted by Crippen LogP contribution is -2.57. The van der Waals surface area contributed by atoms with Crippen LogP contribution >= 0.6 is 0 Å². The van der Waals surface area contributed by atoms with E-state index in [0.29, 0.717) is 45.2 Å². The van der Waals surface area contributed by atoms with Crippen molar-refractivity contribution in [3.8, 4) is 0 Å². The predicted octanol–water partition coefficient (Wildman–Crippen LogP) is -2.87. The van der Waals surface area contributed by atoms with E-state index in [1.54, 1.807) is 13.8 Å². The van der Waals surface area contributed by atoms with E-state index in [1.165, 1.54) is 0 Å². The van der Waals surface area contributed by atoms with Gasteiger partial charge >= 0.3 is 17.9 Å². The summed E-state index contributed by atoms with van der Waals surface area (Å²) in [4.78, 5) is 125. The molecule has 0 fully saturated rings. The van der Waals surface area contributed by atoms with Crippen LogP contribution in [0.4, 0.5) is 0 Å². The Morgan fingerprint density at radius 1 is 0.459 bits per heavy atom. The number of rotatable bonds is 33. The van der Waals surface area contributed by atoms with Crippen LogP contribution in [0.3, 0.4) is 0 Å². The molecule has 7 amide bonds. The van der Waals surface area contributed by atoms with E-state index in [-0.39, 0.29) is 31.1 Å². The Bertz CT molecular complexity index is 1480. The first-order valence-corrected chi connectivity index (χ1v) is 20.5. The largest absolute Gasteiger partial charge is 0.481 e. The highest BCUT2D eigenvalue weighted by molar-refractivity contribution is 5.96. The lowest BCUT2D eigenvalue weighted by Gasteiger charge is -2.25. The Kier molecular flexibility index (Phi) is 27.9. The van der Waals surface area contributed by atoms with Gasteiger partial charge in [0.05, 0.1) is 19.1 Å². The van der Waals surface area contributed by atoms with Crippen molar-refractivity contribution < 1.29 is 63.3 Å². The lowest BCUT2D eigenvalue weighted by atomic mass is 10.0. The van der Waals surface area contributed by atoms with Gasteiger partial charge in [0.1, 0.15) is 30.2 Å². The Balaban J connectivity index is 5.76. The average Bonchev–Trinajstić information content (AvgIpc) is 3.17. The molecule has 0 bridgehead atoms. The van der Waals surface area contributed by atoms with E-state index >= 15 is 0 Å². The number of carboxylic acid groups (broad SMARTS) is 3. The van der Waals surface area contributed by atoms with Gasteiger partial charge < -0.3 is 69.7 Å². The van der Waals surface area contributed by atoms with Crippen molar-refractivity contribution in [1.82, 2.24) is 37.2 Å². The number of hydrogen-bond acceptors (Lipinski definition) is 13. The minimum atomic E-state index is -1.66. The number of hydrogen-bond donors (Lipinski definition) is 13. The van der Waals surface area contributed by atoms with Gasteiger partial charge in [-0.25, -0.2) is 4.79 Å². The highest BCUT2D eigenvalue weighted by Crippen LogP contribution is 2.09. The fraction of sp³-hybridized carbons (Fsp3) is 0.737. The van der Waals surface area contributed by atoms with Gasteiger partial charge in [0, 0.05) is 12.8 Å². The third-order valence-electron chi connectivity index (χ3n) is 8.99. The van der Waals surface area contributed by atoms with Crippen LogP contribution in [0, 0.1) is 11.8 Å². The van der Waals surface area contributed by atoms with Crippen LogP contribution in [0.25, 0.3) is 0 Å². The normalized spacial score (nSPS) is 14.0. The Hall–Kier alpha value is -5.42. The van der Waals surface area contributed by atoms with E-state index < -0.39 is 134 Å². The number of carbonyl (C=O) groups is 10. The molecule has 23 heteroatoms. The van der Waals surface area contributed by atoms with E-state index in [4.69, 9.17) is 22.3 Å². The second kappa shape index (κ2) is 30.6. The summed E-state index contributed by atoms with van der Waals surface area (Å²) in [6, 6.07) is -7.58. The maximum Gasteiger partial charge on any atom is 0.326 e. The molecular weight excluding hydrogens is 804 g/mol. The maximum atomic E-state index is 13.4. The number of carboxylic acids is 3. The molecule has 0 rings (SSSR count). The van der Waals surface area contributed by atoms with Gasteiger partial charge in [-0.2, -0.15) is 0 Å². The zero-order chi connectivity index (χ0) is 46.7. The molecule has 61 heavy (non-hydrogen) atoms. The third-order valence-corrected chi connectivity index (χ3v) is 8.99. The fourth-order valence-corrected chi connectivity index (χ4v) is 5.80. The second-order valence-electron chi connectivity index (χ2n) is 15.5. The molecule has 0 aromatic heterocycles. The molecule has 0 heterocycles. The number of unbranched alkanes of at least 4 members (excludes halogenated alkanes) is 2. The van der Waals surface area contributed by atoms with Crippen molar-refractivity contribution in [2.75, 3.05) is 26.2 Å². The summed E-state index contributed by atoms with van der Waals surface area (Å²) >= 11 is 0. The number of aliphatic carboxylic acids is 3. The molecule has 0 aliphatic rings. The van der Waals surface area contributed by atoms with Crippen LogP contribution in [0.15, 0.2) is 0 Å². The van der Waals surface area contributed by atoms with E-state index in [0.717, 1.165) is 0 Å². The first-order chi connectivity index (χ1) is 28.6. The van der Waals surface area contributed by atoms with E-state index in [2.05, 4.69) is 37.2 Å². The van der Waals surface area contributed by atoms with Crippen molar-refractivity contribution in [3.63, 3.8) is 0 Å². The van der Waals surface area contributed by atoms with Crippen LogP contribution in [0.1, 0.15) is 105 Å². The summed E-state index contributed by atoms with van der Waals surface area (Å²) in [6.07, 6.45) is 0.560. The molecule has 0 radical (unpaired) electrons. The van der Waals surface area contributed by atoms with Gasteiger partial charge in [0.15, 0.2) is 0 Å². The molecule has 0 aromatic rings. The van der Waals surface area contributed by atoms with Crippen molar-refractivity contribution in [2.24, 2.45) is 29.0 Å². The van der Waals surface area contributed by atoms with Gasteiger partial charge in [-0.3, -0.25) is 43.2 Å². The van der Waals surface area contributed by atoms with E-state index in [1.807, 2.05) is 13.8 Å². The van der Waals surface area contributed by atoms with Gasteiger partial charge in [-0.1, -0.05) is 27.7 Å². The molecular formula is C38H68N10O13. The number of carbonyl (C=O) groups excluding carboxylic acids is 7. The third kappa shape index (κ3) is 25.7. The van der Waals surface area contributed by atoms with Crippen LogP contribution < -0.4 is 54.4 Å². The van der Waals surface area contributed by atoms with Crippen LogP contribution in [-0.4, -0.2) is 137 Å². The minimum Gasteiger partial charge on any atom is -0.481 e. The average molecular weight is 873 g/mol. The highest BCUT2D eigenvalue weighted by Gasteiger charge is 2.31. The van der Waals surface area contributed by atoms with E-state index in [9.17, 15) is 58.2 Å². The summed E-state index contributed by atoms with van der Waals surface area (Å²) in [6.45, 7) is 6.68. The summed E-state index contributed by atoms with van der Waals surface area (Å²) in [5, 5.41) is 44.5. The van der Waals surface area contributed by atoms with Gasteiger partial charge in [-0.15, -0.1) is 0 Å². The number of nitrogens with one attached hydrogen (secondary N) is 7. The molecule has 0 saturated carbocycles. The van der Waals surface area contributed by atoms with Crippen LogP contribution in [0.2, 0.25) is 0 Å². The van der Waals surface area contributed by atoms with Crippen molar-refractivity contribution in [2.45, 2.75) is 141 Å². The smallest absolute Gasteiger partial charge is 0.326 e. The standard InChI is InChI=1S/C38H68N10O13/c1-21(2)17-23(41)33(55)46-25(10-6-8-16-40)35(57)43-19-29(49)44-24(9-5-7-15-39)34(56)42-20-30(50)45-28(18-22(3)4)37(59)47-26(11-13-31(51)52)36(58)48-27(38(60)61)12-14-32(53)54/h21-28H,5-20,39-41H2,1-4H3,(H,42,56)(H,43,57)(H,44,49)(H,45,50)(H,46,55)(H,47,59)(H,48,58)(H,51,52)(H,53,54)(H,60,61)/t23-,24-,25-,26-,27-,28-/m0/s1. The summed E-state index contributed by atoms with van der Waals surface area (Å²) < 4.78 is 0. The van der Waals surface area contributed by atoms with Crippen LogP contribution in [-0.2, 0) is 47.9 Å². The summed E-state index contributed by atoms with van der Waals surface area (Å²) in [7, 11) is 0. The monoisotopic (exact) mass is 872 g/mol. The molecule has 6 atom stereocenters. The zero-order valence-corrected chi connectivity index (χ0v) is 35.6. The molecule has 0 saturated heterocycles. The number of nitrogens with two attached hydrogens (primary N) is 3. The molecule has 0 aliphatic carbocycles. The molecule has 0 spiro atoms. The maximum absolute atomic E-state index is 13.4. The van der Waals surface area contributed by atoms with Crippen LogP contribution in [0.5, 0.6) is 0 Å². The summed E-state index contributed by atoms with van der Waals surface area (Å²) in [5.74, 6) is -9.85. The quantitative estimate of drug-likeness (QED) is 0.0295. The Labute approximate surface area is 355 Å². The Morgan fingerprint density at radius 2 is 0.836 bits per heavy atom. The van der Waals surface area contributed by atoms with Gasteiger partial charge in [0.25, 0.3) is 0 Å². The van der Waals surface area contributed by atoms with Crippen molar-refractivity contribution in [3.05, 3.63) is 0 Å². The first-order valence-electron chi connectivity index (χ1n) is 20.5. The van der Waals surface area contributed by atoms with Crippen molar-refractivity contribution >= 4 is 59.3 Å². The molecule has 23 nitrogen and oxygen atoms in total. The molecule has 0 aliphatic heterocycles. The second-order valence-corrected chi connectivity index (χ2v) is 15.5. The minimum absolute atomic E-state index is 0.0148. The SMILES string of the molecule is CC(C)C[C@H](NC(=O)CNC(=O)[C@H](CCCCN)NC(=O)CNC(=O)[C@H](CCCCN)NC(=O)[C@@H](N)CC(C)C)C(=O)N[C@@H](CCC(=O)O)C(=O)N[C@@H](CCC(=O)O)C(=O)O. The Morgan fingerprint density at radius 3 is 1.26 bits per heavy atom. The molecule has 0 unspecified atom stereocenters. The van der Waals surface area contributed by atoms with Gasteiger partial charge in [-0.05, 0) is 89.1 Å². The molecule has 348 valence electrons. The zero-order valence-electron chi connectivity index (χ0n) is 35.6. The lowest BCUT2D eigenvalue weighted by molar-refractivity contribution is -0.144. The molecule has 16 N–H and O–H groups in total. The highest BCUT2D eigenvalue weighted by atomic mass is 16.4. The topological polar surface area (TPSA) is 394 Å². The predicted molar refractivity (Wildman–Crippen MR) is 220 cm³/mol.